The maximum atomic E-state index is 12.9. The molecule has 8 nitrogen and oxygen atoms in total. The second kappa shape index (κ2) is 26.7. The van der Waals surface area contributed by atoms with Crippen LogP contribution in [0.5, 0.6) is 0 Å². The lowest BCUT2D eigenvalue weighted by atomic mass is 10.3. The number of alkyl halides is 12. The van der Waals surface area contributed by atoms with Crippen LogP contribution in [0.3, 0.4) is 0 Å². The minimum atomic E-state index is -4.72. The molecule has 64 heavy (non-hydrogen) atoms. The van der Waals surface area contributed by atoms with Crippen molar-refractivity contribution in [1.82, 2.24) is 18.3 Å². The van der Waals surface area contributed by atoms with E-state index in [1.165, 1.54) is 25.7 Å². The summed E-state index contributed by atoms with van der Waals surface area (Å²) in [5.41, 5.74) is -0.819. The Balaban J connectivity index is 0.000000454. The maximum Gasteiger partial charge on any atom is 0.381 e. The number of rotatable bonds is 16. The first-order valence-corrected chi connectivity index (χ1v) is 22.5. The van der Waals surface area contributed by atoms with E-state index >= 15 is 0 Å². The van der Waals surface area contributed by atoms with E-state index in [9.17, 15) is 52.7 Å². The summed E-state index contributed by atoms with van der Waals surface area (Å²) < 4.78 is 166. The topological polar surface area (TPSA) is 35.2 Å². The van der Waals surface area contributed by atoms with Crippen molar-refractivity contribution >= 4 is 50.5 Å². The Hall–Kier alpha value is -2.60. The Kier molecular flexibility index (Phi) is 24.8. The van der Waals surface area contributed by atoms with Gasteiger partial charge in [0.05, 0.1) is 54.4 Å². The lowest BCUT2D eigenvalue weighted by Gasteiger charge is -2.25. The average molecular weight is 1010 g/mol. The molecule has 0 bridgehead atoms. The number of nitrogens with zero attached hydrogens (tertiary/aromatic N) is 8. The van der Waals surface area contributed by atoms with Crippen molar-refractivity contribution in [1.29, 1.82) is 0 Å². The van der Waals surface area contributed by atoms with Gasteiger partial charge in [0.1, 0.15) is 48.6 Å². The van der Waals surface area contributed by atoms with Crippen LogP contribution in [0, 0.1) is 0 Å². The number of hydrogen-bond acceptors (Lipinski definition) is 4. The van der Waals surface area contributed by atoms with Crippen molar-refractivity contribution in [3.8, 4) is 0 Å². The molecule has 0 amide bonds. The SMILES string of the molecule is CCCC[n+]1cc(C([S-])C(F)(F)F)n(C)c1C([S-])C(F)(F)F.CCCC[n+]1cc(C([S-])C(F)(F)F)n(C)c1C([S-])C(F)(F)F.CCCCn1cc[n+](C)c1.CCCCn1cc[n+](C)c1. The highest BCUT2D eigenvalue weighted by molar-refractivity contribution is 7.59. The van der Waals surface area contributed by atoms with Gasteiger partial charge in [-0.25, -0.2) is 36.5 Å². The van der Waals surface area contributed by atoms with E-state index in [-0.39, 0.29) is 13.1 Å². The number of halogens is 12. The molecule has 24 heteroatoms. The number of hydrogen-bond donors (Lipinski definition) is 0. The zero-order valence-electron chi connectivity index (χ0n) is 37.2. The zero-order valence-corrected chi connectivity index (χ0v) is 40.4. The number of aromatic nitrogens is 8. The van der Waals surface area contributed by atoms with E-state index < -0.39 is 68.7 Å². The predicted molar refractivity (Wildman–Crippen MR) is 227 cm³/mol. The molecule has 0 aromatic carbocycles. The highest BCUT2D eigenvalue weighted by Crippen LogP contribution is 2.38. The zero-order chi connectivity index (χ0) is 49.4. The van der Waals surface area contributed by atoms with Crippen LogP contribution in [-0.2, 0) is 105 Å². The summed E-state index contributed by atoms with van der Waals surface area (Å²) in [7, 11) is 6.34. The molecule has 4 atom stereocenters. The van der Waals surface area contributed by atoms with Gasteiger partial charge in [0.2, 0.25) is 24.3 Å². The summed E-state index contributed by atoms with van der Waals surface area (Å²) >= 11 is 17.8. The van der Waals surface area contributed by atoms with E-state index in [1.54, 1.807) is 0 Å². The summed E-state index contributed by atoms with van der Waals surface area (Å²) in [5.74, 6) is -0.796. The molecule has 0 radical (unpaired) electrons. The molecule has 4 aromatic heterocycles. The van der Waals surface area contributed by atoms with Crippen LogP contribution in [0.15, 0.2) is 49.8 Å². The highest BCUT2D eigenvalue weighted by atomic mass is 32.1. The number of unbranched alkanes of at least 4 members (excludes halogenated alkanes) is 4. The number of aryl methyl sites for hydroxylation is 6. The van der Waals surface area contributed by atoms with E-state index in [0.29, 0.717) is 25.7 Å². The Labute approximate surface area is 390 Å². The Morgan fingerprint density at radius 3 is 0.984 bits per heavy atom. The first-order chi connectivity index (χ1) is 29.5. The van der Waals surface area contributed by atoms with E-state index in [2.05, 4.69) is 120 Å². The largest absolute Gasteiger partial charge is 0.772 e. The minimum Gasteiger partial charge on any atom is -0.772 e. The summed E-state index contributed by atoms with van der Waals surface area (Å²) in [4.78, 5) is 0. The van der Waals surface area contributed by atoms with Crippen LogP contribution < -0.4 is 18.3 Å². The molecule has 4 rings (SSSR count). The van der Waals surface area contributed by atoms with Crippen LogP contribution in [0.25, 0.3) is 0 Å². The Morgan fingerprint density at radius 1 is 0.484 bits per heavy atom. The molecule has 0 aliphatic carbocycles. The van der Waals surface area contributed by atoms with Gasteiger partial charge in [0.25, 0.3) is 0 Å². The van der Waals surface area contributed by atoms with Crippen LogP contribution >= 0.6 is 0 Å². The second-order valence-corrected chi connectivity index (χ2v) is 16.9. The third kappa shape index (κ3) is 18.9. The van der Waals surface area contributed by atoms with E-state index in [4.69, 9.17) is 0 Å². The van der Waals surface area contributed by atoms with Crippen LogP contribution in [-0.4, -0.2) is 43.0 Å². The van der Waals surface area contributed by atoms with E-state index in [1.807, 2.05) is 27.9 Å². The summed E-state index contributed by atoms with van der Waals surface area (Å²) in [6.07, 6.45) is 3.24. The molecule has 0 aliphatic heterocycles. The Bertz CT molecular complexity index is 1790. The second-order valence-electron chi connectivity index (χ2n) is 15.1. The van der Waals surface area contributed by atoms with Gasteiger partial charge in [0.15, 0.2) is 0 Å². The fraction of sp³-hybridized carbons (Fsp3) is 0.700. The summed E-state index contributed by atoms with van der Waals surface area (Å²) in [6, 6.07) is 0. The average Bonchev–Trinajstić information content (AvgIpc) is 3.97. The standard InChI is InChI=1S/2C12H16F6N2S2.2C8H15N2/c2*1-3-4-5-20-6-7(8(21)11(13,14)15)19(2)10(20)9(22)12(16,17)18;2*1-3-4-5-10-7-6-9(2)8-10/h2*6,8-9H,3-5H2,1-2H3,(H-,21,22);2*6-8H,3-5H2,1-2H3/q;;2*+1/p-2. The first kappa shape index (κ1) is 59.4. The summed E-state index contributed by atoms with van der Waals surface area (Å²) in [5, 5.41) is -9.15. The molecule has 0 saturated heterocycles. The predicted octanol–water partition coefficient (Wildman–Crippen LogP) is 9.05. The highest BCUT2D eigenvalue weighted by Gasteiger charge is 2.43. The van der Waals surface area contributed by atoms with Gasteiger partial charge in [-0.2, -0.15) is 52.7 Å². The molecule has 0 saturated carbocycles. The third-order valence-electron chi connectivity index (χ3n) is 9.51. The fourth-order valence-corrected chi connectivity index (χ4v) is 7.03. The van der Waals surface area contributed by atoms with Gasteiger partial charge < -0.3 is 50.5 Å². The van der Waals surface area contributed by atoms with Gasteiger partial charge in [0, 0.05) is 21.0 Å². The van der Waals surface area contributed by atoms with Crippen molar-refractivity contribution < 1.29 is 71.0 Å². The van der Waals surface area contributed by atoms with Crippen LogP contribution in [0.4, 0.5) is 52.7 Å². The van der Waals surface area contributed by atoms with Gasteiger partial charge >= 0.3 is 24.7 Å². The minimum absolute atomic E-state index is 0.156. The molecule has 4 unspecified atom stereocenters. The van der Waals surface area contributed by atoms with Crippen molar-refractivity contribution in [2.75, 3.05) is 0 Å². The number of imidazole rings is 4. The molecule has 368 valence electrons. The smallest absolute Gasteiger partial charge is 0.381 e. The van der Waals surface area contributed by atoms with Crippen LogP contribution in [0.1, 0.15) is 123 Å². The van der Waals surface area contributed by atoms with Crippen molar-refractivity contribution in [3.63, 3.8) is 0 Å². The van der Waals surface area contributed by atoms with Gasteiger partial charge in [-0.15, -0.1) is 0 Å². The first-order valence-electron chi connectivity index (χ1n) is 20.6. The molecule has 4 heterocycles. The molecule has 4 aromatic rings. The molecule has 0 spiro atoms. The van der Waals surface area contributed by atoms with Crippen molar-refractivity contribution in [2.45, 2.75) is 151 Å². The van der Waals surface area contributed by atoms with E-state index in [0.717, 1.165) is 57.8 Å². The van der Waals surface area contributed by atoms with Crippen molar-refractivity contribution in [3.05, 3.63) is 72.9 Å². The van der Waals surface area contributed by atoms with Crippen molar-refractivity contribution in [2.24, 2.45) is 28.2 Å². The van der Waals surface area contributed by atoms with Gasteiger partial charge in [-0.3, -0.25) is 0 Å². The molecule has 0 N–H and O–H groups in total. The van der Waals surface area contributed by atoms with Crippen LogP contribution in [0.2, 0.25) is 0 Å². The maximum absolute atomic E-state index is 12.9. The summed E-state index contributed by atoms with van der Waals surface area (Å²) in [6.45, 7) is 10.7. The third-order valence-corrected chi connectivity index (χ3v) is 11.5. The molecular formula is C40H60F12N8S4. The molecule has 0 fully saturated rings. The Morgan fingerprint density at radius 2 is 0.766 bits per heavy atom. The molecule has 0 aliphatic rings. The lowest BCUT2D eigenvalue weighted by molar-refractivity contribution is -0.705. The lowest BCUT2D eigenvalue weighted by Crippen LogP contribution is -2.41. The quantitative estimate of drug-likeness (QED) is 0.0639. The van der Waals surface area contributed by atoms with Gasteiger partial charge in [-0.1, -0.05) is 53.4 Å². The van der Waals surface area contributed by atoms with Gasteiger partial charge in [-0.05, 0) is 25.7 Å². The fourth-order valence-electron chi connectivity index (χ4n) is 6.01. The molecular weight excluding hydrogens is 949 g/mol. The normalized spacial score (nSPS) is 14.1. The monoisotopic (exact) mass is 1010 g/mol.